The van der Waals surface area contributed by atoms with Gasteiger partial charge in [0.2, 0.25) is 0 Å². The quantitative estimate of drug-likeness (QED) is 0.682. The number of nitrogens with two attached hydrogens (primary N) is 1. The molecule has 9 nitrogen and oxygen atoms in total. The first-order valence-electron chi connectivity index (χ1n) is 9.43. The van der Waals surface area contributed by atoms with Gasteiger partial charge in [-0.25, -0.2) is 9.59 Å². The molecule has 3 rings (SSSR count). The molecule has 0 radical (unpaired) electrons. The van der Waals surface area contributed by atoms with Gasteiger partial charge < -0.3 is 20.1 Å². The maximum atomic E-state index is 13.2. The summed E-state index contributed by atoms with van der Waals surface area (Å²) in [5.74, 6) is -4.74. The molecule has 0 saturated heterocycles. The minimum atomic E-state index is -1.29. The van der Waals surface area contributed by atoms with E-state index >= 15 is 0 Å². The van der Waals surface area contributed by atoms with Crippen LogP contribution < -0.4 is 5.73 Å². The molecule has 1 aromatic rings. The molecule has 0 saturated carbocycles. The van der Waals surface area contributed by atoms with Gasteiger partial charge >= 0.3 is 11.9 Å². The van der Waals surface area contributed by atoms with Crippen LogP contribution >= 0.6 is 11.3 Å². The number of rotatable bonds is 4. The third-order valence-corrected chi connectivity index (χ3v) is 6.73. The van der Waals surface area contributed by atoms with Crippen LogP contribution in [0, 0.1) is 52.8 Å². The Morgan fingerprint density at radius 3 is 2.19 bits per heavy atom. The zero-order valence-electron chi connectivity index (χ0n) is 17.8. The lowest BCUT2D eigenvalue weighted by Crippen LogP contribution is -2.37. The van der Waals surface area contributed by atoms with E-state index in [1.54, 1.807) is 6.92 Å². The molecule has 0 unspecified atom stereocenters. The van der Waals surface area contributed by atoms with Crippen molar-refractivity contribution in [3.05, 3.63) is 55.8 Å². The number of carbonyl (C=O) groups excluding carboxylic acids is 2. The van der Waals surface area contributed by atoms with Crippen LogP contribution in [0.25, 0.3) is 0 Å². The van der Waals surface area contributed by atoms with Gasteiger partial charge in [0.25, 0.3) is 0 Å². The molecular weight excluding hydrogens is 430 g/mol. The van der Waals surface area contributed by atoms with E-state index in [0.29, 0.717) is 10.6 Å². The minimum Gasteiger partial charge on any atom is -0.466 e. The second kappa shape index (κ2) is 8.58. The number of esters is 2. The first-order valence-corrected chi connectivity index (χ1v) is 10.3. The molecule has 0 bridgehead atoms. The summed E-state index contributed by atoms with van der Waals surface area (Å²) in [6.45, 7) is 3.46. The Labute approximate surface area is 188 Å². The van der Waals surface area contributed by atoms with Crippen LogP contribution in [0.3, 0.4) is 0 Å². The third kappa shape index (κ3) is 3.11. The smallest absolute Gasteiger partial charge is 0.336 e. The fourth-order valence-corrected chi connectivity index (χ4v) is 5.28. The van der Waals surface area contributed by atoms with Crippen LogP contribution in [0.15, 0.2) is 45.4 Å². The Bertz CT molecular complexity index is 1220. The van der Waals surface area contributed by atoms with E-state index in [2.05, 4.69) is 0 Å². The number of methoxy groups -OCH3 is 2. The molecule has 3 heterocycles. The molecule has 0 spiro atoms. The molecule has 2 atom stereocenters. The maximum Gasteiger partial charge on any atom is 0.336 e. The first kappa shape index (κ1) is 22.6. The molecule has 0 fully saturated rings. The largest absolute Gasteiger partial charge is 0.466 e. The highest BCUT2D eigenvalue weighted by Crippen LogP contribution is 2.53. The molecule has 1 aromatic heterocycles. The Morgan fingerprint density at radius 2 is 1.72 bits per heavy atom. The first-order chi connectivity index (χ1) is 15.3. The van der Waals surface area contributed by atoms with Gasteiger partial charge in [-0.1, -0.05) is 0 Å². The van der Waals surface area contributed by atoms with Crippen molar-refractivity contribution in [3.63, 3.8) is 0 Å². The number of hydrogen-bond donors (Lipinski definition) is 1. The molecule has 2 aliphatic heterocycles. The van der Waals surface area contributed by atoms with E-state index in [1.807, 2.05) is 36.6 Å². The lowest BCUT2D eigenvalue weighted by Gasteiger charge is -2.37. The Hall–Kier alpha value is -4.07. The summed E-state index contributed by atoms with van der Waals surface area (Å²) in [6.07, 6.45) is 0. The Morgan fingerprint density at radius 1 is 1.12 bits per heavy atom. The van der Waals surface area contributed by atoms with Crippen molar-refractivity contribution in [2.24, 2.45) is 17.6 Å². The van der Waals surface area contributed by atoms with E-state index in [9.17, 15) is 25.4 Å². The standard InChI is InChI=1S/C22H19N5O4S/c1-10-5-6-32-19(10)16-14(21(28)30-3)11(2)27-18(17(16)22(29)31-4)15(12(7-23)8-24)13(9-25)20(27)26/h5-6,12,15-16H,26H2,1-4H3/t15-,16-/m1/s1. The second-order valence-corrected chi connectivity index (χ2v) is 8.09. The second-order valence-electron chi connectivity index (χ2n) is 7.14. The van der Waals surface area contributed by atoms with Crippen molar-refractivity contribution in [3.8, 4) is 18.2 Å². The van der Waals surface area contributed by atoms with Crippen LogP contribution in [-0.2, 0) is 19.1 Å². The molecule has 32 heavy (non-hydrogen) atoms. The average molecular weight is 449 g/mol. The van der Waals surface area contributed by atoms with Crippen LogP contribution in [0.4, 0.5) is 0 Å². The lowest BCUT2D eigenvalue weighted by atomic mass is 9.77. The summed E-state index contributed by atoms with van der Waals surface area (Å²) in [5.41, 5.74) is 7.82. The van der Waals surface area contributed by atoms with E-state index in [0.717, 1.165) is 5.56 Å². The number of nitriles is 3. The van der Waals surface area contributed by atoms with Gasteiger partial charge in [0, 0.05) is 16.3 Å². The normalized spacial score (nSPS) is 20.0. The molecule has 10 heteroatoms. The van der Waals surface area contributed by atoms with Crippen molar-refractivity contribution < 1.29 is 19.1 Å². The van der Waals surface area contributed by atoms with Crippen LogP contribution in [0.2, 0.25) is 0 Å². The molecule has 0 aromatic carbocycles. The maximum absolute atomic E-state index is 13.2. The molecule has 0 aliphatic carbocycles. The third-order valence-electron chi connectivity index (χ3n) is 5.65. The average Bonchev–Trinajstić information content (AvgIpc) is 3.34. The van der Waals surface area contributed by atoms with E-state index in [1.165, 1.54) is 30.5 Å². The van der Waals surface area contributed by atoms with Gasteiger partial charge in [0.05, 0.1) is 61.0 Å². The number of aryl methyl sites for hydroxylation is 1. The number of fused-ring (bicyclic) bond motifs is 1. The number of thiophene rings is 1. The Kier molecular flexibility index (Phi) is 6.06. The molecule has 2 N–H and O–H groups in total. The SMILES string of the molecule is COC(=O)C1=C(C)N2C(N)=C(C#N)[C@@H](C(C#N)C#N)C2=C(C(=O)OC)[C@@H]1c1sccc1C. The van der Waals surface area contributed by atoms with Crippen LogP contribution in [-0.4, -0.2) is 31.1 Å². The minimum absolute atomic E-state index is 0.0263. The zero-order valence-corrected chi connectivity index (χ0v) is 18.6. The zero-order chi connectivity index (χ0) is 23.7. The van der Waals surface area contributed by atoms with E-state index in [-0.39, 0.29) is 28.2 Å². The lowest BCUT2D eigenvalue weighted by molar-refractivity contribution is -0.137. The predicted molar refractivity (Wildman–Crippen MR) is 112 cm³/mol. The van der Waals surface area contributed by atoms with E-state index in [4.69, 9.17) is 15.2 Å². The van der Waals surface area contributed by atoms with Gasteiger partial charge in [-0.15, -0.1) is 11.3 Å². The predicted octanol–water partition coefficient (Wildman–Crippen LogP) is 2.32. The topological polar surface area (TPSA) is 153 Å². The summed E-state index contributed by atoms with van der Waals surface area (Å²) in [4.78, 5) is 28.2. The highest BCUT2D eigenvalue weighted by Gasteiger charge is 2.51. The highest BCUT2D eigenvalue weighted by molar-refractivity contribution is 7.10. The Balaban J connectivity index is 2.50. The van der Waals surface area contributed by atoms with Crippen molar-refractivity contribution in [2.45, 2.75) is 19.8 Å². The highest BCUT2D eigenvalue weighted by atomic mass is 32.1. The summed E-state index contributed by atoms with van der Waals surface area (Å²) in [5, 5.41) is 30.8. The van der Waals surface area contributed by atoms with Gasteiger partial charge in [-0.05, 0) is 30.9 Å². The fourth-order valence-electron chi connectivity index (χ4n) is 4.24. The number of allylic oxidation sites excluding steroid dienone is 2. The number of nitrogens with zero attached hydrogens (tertiary/aromatic N) is 4. The van der Waals surface area contributed by atoms with Gasteiger partial charge in [0.15, 0.2) is 0 Å². The molecular formula is C22H19N5O4S. The van der Waals surface area contributed by atoms with Crippen molar-refractivity contribution >= 4 is 23.3 Å². The van der Waals surface area contributed by atoms with Gasteiger partial charge in [-0.3, -0.25) is 0 Å². The fraction of sp³-hybridized carbons (Fsp3) is 0.318. The van der Waals surface area contributed by atoms with Crippen LogP contribution in [0.1, 0.15) is 23.3 Å². The number of hydrogen-bond acceptors (Lipinski definition) is 10. The monoisotopic (exact) mass is 449 g/mol. The van der Waals surface area contributed by atoms with Gasteiger partial charge in [0.1, 0.15) is 11.7 Å². The summed E-state index contributed by atoms with van der Waals surface area (Å²) in [7, 11) is 2.42. The van der Waals surface area contributed by atoms with Gasteiger partial charge in [-0.2, -0.15) is 15.8 Å². The summed E-state index contributed by atoms with van der Waals surface area (Å²) >= 11 is 1.34. The molecule has 0 amide bonds. The van der Waals surface area contributed by atoms with Crippen molar-refractivity contribution in [1.29, 1.82) is 15.8 Å². The summed E-state index contributed by atoms with van der Waals surface area (Å²) < 4.78 is 10.1. The molecule has 2 aliphatic rings. The summed E-state index contributed by atoms with van der Waals surface area (Å²) in [6, 6.07) is 7.60. The van der Waals surface area contributed by atoms with Crippen molar-refractivity contribution in [1.82, 2.24) is 4.90 Å². The van der Waals surface area contributed by atoms with Crippen molar-refractivity contribution in [2.75, 3.05) is 14.2 Å². The number of ether oxygens (including phenoxy) is 2. The molecule has 162 valence electrons. The number of carbonyl (C=O) groups is 2. The van der Waals surface area contributed by atoms with E-state index < -0.39 is 29.7 Å². The van der Waals surface area contributed by atoms with Crippen LogP contribution in [0.5, 0.6) is 0 Å².